The summed E-state index contributed by atoms with van der Waals surface area (Å²) >= 11 is 0. The first kappa shape index (κ1) is 23.9. The zero-order chi connectivity index (χ0) is 23.8. The number of anilines is 2. The van der Waals surface area contributed by atoms with Crippen LogP contribution in [0.5, 0.6) is 5.75 Å². The van der Waals surface area contributed by atoms with E-state index in [2.05, 4.69) is 15.6 Å². The van der Waals surface area contributed by atoms with Crippen LogP contribution in [0.15, 0.2) is 78.0 Å². The third-order valence-corrected chi connectivity index (χ3v) is 6.37. The summed E-state index contributed by atoms with van der Waals surface area (Å²) in [7, 11) is -2.45. The van der Waals surface area contributed by atoms with Crippen LogP contribution in [-0.2, 0) is 26.2 Å². The Labute approximate surface area is 192 Å². The highest BCUT2D eigenvalue weighted by molar-refractivity contribution is 7.89. The molecule has 2 aromatic carbocycles. The van der Waals surface area contributed by atoms with Gasteiger partial charge in [-0.2, -0.15) is 4.31 Å². The number of carbonyl (C=O) groups excluding carboxylic acids is 2. The van der Waals surface area contributed by atoms with Gasteiger partial charge in [-0.3, -0.25) is 14.6 Å². The Balaban J connectivity index is 1.79. The number of methoxy groups -OCH3 is 1. The lowest BCUT2D eigenvalue weighted by Gasteiger charge is -2.22. The lowest BCUT2D eigenvalue weighted by Crippen LogP contribution is -2.37. The molecule has 0 bridgehead atoms. The summed E-state index contributed by atoms with van der Waals surface area (Å²) in [5.41, 5.74) is 1.74. The Kier molecular flexibility index (Phi) is 7.75. The van der Waals surface area contributed by atoms with Gasteiger partial charge in [0.25, 0.3) is 0 Å². The number of amides is 2. The van der Waals surface area contributed by atoms with E-state index in [1.165, 1.54) is 31.5 Å². The van der Waals surface area contributed by atoms with E-state index < -0.39 is 22.5 Å². The fourth-order valence-electron chi connectivity index (χ4n) is 3.01. The highest BCUT2D eigenvalue weighted by atomic mass is 32.2. The number of hydrogen-bond donors (Lipinski definition) is 2. The topological polar surface area (TPSA) is 118 Å². The van der Waals surface area contributed by atoms with E-state index in [1.54, 1.807) is 55.6 Å². The average molecular weight is 469 g/mol. The van der Waals surface area contributed by atoms with Crippen LogP contribution in [-0.4, -0.2) is 43.2 Å². The maximum Gasteiger partial charge on any atom is 0.245 e. The lowest BCUT2D eigenvalue weighted by molar-refractivity contribution is -0.116. The minimum Gasteiger partial charge on any atom is -0.497 e. The van der Waals surface area contributed by atoms with Crippen molar-refractivity contribution in [1.29, 1.82) is 0 Å². The Morgan fingerprint density at radius 2 is 1.61 bits per heavy atom. The lowest BCUT2D eigenvalue weighted by atomic mass is 10.2. The number of pyridine rings is 1. The Morgan fingerprint density at radius 1 is 0.970 bits per heavy atom. The predicted octanol–water partition coefficient (Wildman–Crippen LogP) is 2.88. The van der Waals surface area contributed by atoms with Crippen molar-refractivity contribution >= 4 is 33.2 Å². The molecule has 0 fully saturated rings. The summed E-state index contributed by atoms with van der Waals surface area (Å²) in [6, 6.07) is 16.4. The molecule has 2 N–H and O–H groups in total. The molecule has 1 aromatic heterocycles. The number of benzene rings is 2. The average Bonchev–Trinajstić information content (AvgIpc) is 2.80. The summed E-state index contributed by atoms with van der Waals surface area (Å²) in [6.45, 7) is 0.975. The van der Waals surface area contributed by atoms with E-state index in [0.717, 1.165) is 4.31 Å². The zero-order valence-electron chi connectivity index (χ0n) is 18.2. The summed E-state index contributed by atoms with van der Waals surface area (Å²) in [5, 5.41) is 5.32. The standard InChI is InChI=1S/C23H24N4O5S/c1-17(28)25-19-7-9-20(10-8-19)26-23(29)16-27(15-18-5-11-21(32-2)12-6-18)33(30,31)22-4-3-13-24-14-22/h3-14H,15-16H2,1-2H3,(H,25,28)(H,26,29). The first-order valence-corrected chi connectivity index (χ1v) is 11.4. The first-order valence-electron chi connectivity index (χ1n) is 9.98. The first-order chi connectivity index (χ1) is 15.8. The van der Waals surface area contributed by atoms with E-state index in [-0.39, 0.29) is 17.3 Å². The molecule has 0 radical (unpaired) electrons. The van der Waals surface area contributed by atoms with Crippen molar-refractivity contribution in [1.82, 2.24) is 9.29 Å². The third-order valence-electron chi connectivity index (χ3n) is 4.60. The van der Waals surface area contributed by atoms with Gasteiger partial charge in [0.15, 0.2) is 0 Å². The second-order valence-corrected chi connectivity index (χ2v) is 9.05. The van der Waals surface area contributed by atoms with Crippen molar-refractivity contribution < 1.29 is 22.7 Å². The van der Waals surface area contributed by atoms with Gasteiger partial charge in [-0.15, -0.1) is 0 Å². The van der Waals surface area contributed by atoms with Gasteiger partial charge < -0.3 is 15.4 Å². The van der Waals surface area contributed by atoms with Crippen LogP contribution in [0, 0.1) is 0 Å². The number of nitrogens with one attached hydrogen (secondary N) is 2. The van der Waals surface area contributed by atoms with Crippen LogP contribution in [0.25, 0.3) is 0 Å². The molecule has 1 heterocycles. The summed E-state index contributed by atoms with van der Waals surface area (Å²) in [6.07, 6.45) is 2.72. The molecule has 9 nitrogen and oxygen atoms in total. The molecular weight excluding hydrogens is 444 g/mol. The molecular formula is C23H24N4O5S. The molecule has 0 saturated heterocycles. The van der Waals surface area contributed by atoms with E-state index in [9.17, 15) is 18.0 Å². The largest absolute Gasteiger partial charge is 0.497 e. The third kappa shape index (κ3) is 6.61. The summed E-state index contributed by atoms with van der Waals surface area (Å²) in [5.74, 6) is -0.0781. The molecule has 2 amide bonds. The molecule has 0 unspecified atom stereocenters. The molecule has 33 heavy (non-hydrogen) atoms. The van der Waals surface area contributed by atoms with Crippen LogP contribution in [0.2, 0.25) is 0 Å². The van der Waals surface area contributed by atoms with Crippen molar-refractivity contribution in [3.05, 3.63) is 78.6 Å². The number of hydrogen-bond acceptors (Lipinski definition) is 6. The molecule has 0 aliphatic rings. The predicted molar refractivity (Wildman–Crippen MR) is 124 cm³/mol. The van der Waals surface area contributed by atoms with Crippen molar-refractivity contribution in [3.8, 4) is 5.75 Å². The van der Waals surface area contributed by atoms with Crippen LogP contribution in [0.3, 0.4) is 0 Å². The van der Waals surface area contributed by atoms with Gasteiger partial charge in [0, 0.05) is 37.2 Å². The van der Waals surface area contributed by atoms with Crippen LogP contribution in [0.4, 0.5) is 11.4 Å². The fraction of sp³-hybridized carbons (Fsp3) is 0.174. The monoisotopic (exact) mass is 468 g/mol. The molecule has 3 rings (SSSR count). The number of carbonyl (C=O) groups is 2. The summed E-state index contributed by atoms with van der Waals surface area (Å²) in [4.78, 5) is 27.7. The van der Waals surface area contributed by atoms with E-state index >= 15 is 0 Å². The molecule has 0 aliphatic heterocycles. The van der Waals surface area contributed by atoms with Crippen LogP contribution >= 0.6 is 0 Å². The Hall–Kier alpha value is -3.76. The van der Waals surface area contributed by atoms with Crippen molar-refractivity contribution in [2.75, 3.05) is 24.3 Å². The second-order valence-electron chi connectivity index (χ2n) is 7.12. The molecule has 0 atom stereocenters. The molecule has 3 aromatic rings. The maximum atomic E-state index is 13.2. The van der Waals surface area contributed by atoms with E-state index in [4.69, 9.17) is 4.74 Å². The van der Waals surface area contributed by atoms with Crippen LogP contribution < -0.4 is 15.4 Å². The van der Waals surface area contributed by atoms with Gasteiger partial charge in [-0.25, -0.2) is 8.42 Å². The molecule has 0 saturated carbocycles. The Morgan fingerprint density at radius 3 is 2.15 bits per heavy atom. The van der Waals surface area contributed by atoms with E-state index in [0.29, 0.717) is 22.7 Å². The number of aromatic nitrogens is 1. The highest BCUT2D eigenvalue weighted by Gasteiger charge is 2.27. The zero-order valence-corrected chi connectivity index (χ0v) is 19.0. The van der Waals surface area contributed by atoms with Crippen molar-refractivity contribution in [2.45, 2.75) is 18.4 Å². The van der Waals surface area contributed by atoms with Gasteiger partial charge in [-0.1, -0.05) is 12.1 Å². The van der Waals surface area contributed by atoms with Gasteiger partial charge in [-0.05, 0) is 54.1 Å². The number of sulfonamides is 1. The summed E-state index contributed by atoms with van der Waals surface area (Å²) < 4.78 is 32.7. The second kappa shape index (κ2) is 10.7. The number of rotatable bonds is 9. The molecule has 10 heteroatoms. The minimum absolute atomic E-state index is 0.00836. The molecule has 0 aliphatic carbocycles. The highest BCUT2D eigenvalue weighted by Crippen LogP contribution is 2.20. The van der Waals surface area contributed by atoms with Crippen molar-refractivity contribution in [3.63, 3.8) is 0 Å². The maximum absolute atomic E-state index is 13.2. The van der Waals surface area contributed by atoms with Gasteiger partial charge in [0.1, 0.15) is 10.6 Å². The molecule has 172 valence electrons. The Bertz CT molecular complexity index is 1200. The fourth-order valence-corrected chi connectivity index (χ4v) is 4.36. The van der Waals surface area contributed by atoms with E-state index in [1.807, 2.05) is 0 Å². The smallest absolute Gasteiger partial charge is 0.245 e. The number of ether oxygens (including phenoxy) is 1. The number of nitrogens with zero attached hydrogens (tertiary/aromatic N) is 2. The van der Waals surface area contributed by atoms with Gasteiger partial charge >= 0.3 is 0 Å². The van der Waals surface area contributed by atoms with Crippen LogP contribution in [0.1, 0.15) is 12.5 Å². The van der Waals surface area contributed by atoms with Gasteiger partial charge in [0.05, 0.1) is 13.7 Å². The quantitative estimate of drug-likeness (QED) is 0.499. The minimum atomic E-state index is -3.99. The van der Waals surface area contributed by atoms with Gasteiger partial charge in [0.2, 0.25) is 21.8 Å². The normalized spacial score (nSPS) is 11.1. The molecule has 0 spiro atoms. The van der Waals surface area contributed by atoms with Crippen molar-refractivity contribution in [2.24, 2.45) is 0 Å². The SMILES string of the molecule is COc1ccc(CN(CC(=O)Nc2ccc(NC(C)=O)cc2)S(=O)(=O)c2cccnc2)cc1.